The molecular weight excluding hydrogens is 320 g/mol. The van der Waals surface area contributed by atoms with Gasteiger partial charge in [-0.25, -0.2) is 4.68 Å². The van der Waals surface area contributed by atoms with Crippen molar-refractivity contribution < 1.29 is 9.53 Å². The first-order valence-electron chi connectivity index (χ1n) is 7.21. The van der Waals surface area contributed by atoms with Crippen LogP contribution in [0.25, 0.3) is 5.69 Å². The second-order valence-corrected chi connectivity index (χ2v) is 5.27. The number of hydrogen-bond donors (Lipinski definition) is 2. The number of carbonyl (C=O) groups is 1. The molecule has 0 spiro atoms. The Morgan fingerprint density at radius 2 is 2.17 bits per heavy atom. The van der Waals surface area contributed by atoms with Gasteiger partial charge in [-0.3, -0.25) is 4.79 Å². The van der Waals surface area contributed by atoms with E-state index in [0.29, 0.717) is 18.9 Å². The third-order valence-electron chi connectivity index (χ3n) is 3.80. The molecule has 3 rings (SSSR count). The van der Waals surface area contributed by atoms with Crippen LogP contribution in [0.5, 0.6) is 0 Å². The highest BCUT2D eigenvalue weighted by Gasteiger charge is 2.26. The second kappa shape index (κ2) is 8.00. The highest BCUT2D eigenvalue weighted by Crippen LogP contribution is 2.19. The largest absolute Gasteiger partial charge is 0.381 e. The summed E-state index contributed by atoms with van der Waals surface area (Å²) in [6.07, 6.45) is 3.13. The van der Waals surface area contributed by atoms with E-state index in [0.717, 1.165) is 18.5 Å². The molecule has 0 aliphatic carbocycles. The lowest BCUT2D eigenvalue weighted by Crippen LogP contribution is -2.44. The summed E-state index contributed by atoms with van der Waals surface area (Å²) in [6.45, 7) is 1.33. The molecule has 23 heavy (non-hydrogen) atoms. The van der Waals surface area contributed by atoms with Gasteiger partial charge in [0.2, 0.25) is 5.91 Å². The Kier molecular flexibility index (Phi) is 6.03. The summed E-state index contributed by atoms with van der Waals surface area (Å²) in [5.74, 6) is -0.0165. The molecule has 1 aromatic carbocycles. The van der Waals surface area contributed by atoms with Crippen LogP contribution in [0.1, 0.15) is 12.8 Å². The Labute approximate surface area is 139 Å². The van der Waals surface area contributed by atoms with Gasteiger partial charge in [-0.05, 0) is 47.4 Å². The van der Waals surface area contributed by atoms with Crippen molar-refractivity contribution in [1.82, 2.24) is 20.2 Å². The van der Waals surface area contributed by atoms with Crippen LogP contribution in [0.3, 0.4) is 0 Å². The molecule has 9 heteroatoms. The van der Waals surface area contributed by atoms with Gasteiger partial charge < -0.3 is 15.8 Å². The molecule has 1 aliphatic heterocycles. The number of nitrogens with zero attached hydrogens (tertiary/aromatic N) is 4. The third kappa shape index (κ3) is 4.25. The van der Waals surface area contributed by atoms with E-state index in [2.05, 4.69) is 20.8 Å². The topological polar surface area (TPSA) is 108 Å². The molecule has 1 saturated heterocycles. The molecule has 0 bridgehead atoms. The number of ether oxygens (including phenoxy) is 1. The lowest BCUT2D eigenvalue weighted by Gasteiger charge is -2.26. The first kappa shape index (κ1) is 17.3. The molecule has 1 atom stereocenters. The van der Waals surface area contributed by atoms with Crippen LogP contribution in [-0.2, 0) is 9.53 Å². The van der Waals surface area contributed by atoms with Crippen LogP contribution in [0.4, 0.5) is 5.69 Å². The molecular formula is C14H19ClN6O2. The van der Waals surface area contributed by atoms with E-state index in [1.807, 2.05) is 18.2 Å². The summed E-state index contributed by atoms with van der Waals surface area (Å²) in [6, 6.07) is 6.75. The summed E-state index contributed by atoms with van der Waals surface area (Å²) in [7, 11) is 0. The molecule has 1 fully saturated rings. The Morgan fingerprint density at radius 3 is 2.87 bits per heavy atom. The van der Waals surface area contributed by atoms with Gasteiger partial charge in [0.15, 0.2) is 0 Å². The summed E-state index contributed by atoms with van der Waals surface area (Å²) >= 11 is 0. The maximum absolute atomic E-state index is 12.3. The second-order valence-electron chi connectivity index (χ2n) is 5.27. The third-order valence-corrected chi connectivity index (χ3v) is 3.80. The van der Waals surface area contributed by atoms with Gasteiger partial charge in [0, 0.05) is 18.9 Å². The van der Waals surface area contributed by atoms with Gasteiger partial charge in [0.1, 0.15) is 6.33 Å². The number of rotatable bonds is 4. The first-order valence-corrected chi connectivity index (χ1v) is 7.21. The Hall–Kier alpha value is -2.03. The first-order chi connectivity index (χ1) is 10.7. The Balaban J connectivity index is 0.00000192. The van der Waals surface area contributed by atoms with Crippen molar-refractivity contribution in [2.75, 3.05) is 18.5 Å². The van der Waals surface area contributed by atoms with E-state index in [1.165, 1.54) is 11.0 Å². The summed E-state index contributed by atoms with van der Waals surface area (Å²) in [4.78, 5) is 12.3. The molecule has 3 N–H and O–H groups in total. The number of nitrogens with two attached hydrogens (primary N) is 1. The molecule has 0 radical (unpaired) electrons. The van der Waals surface area contributed by atoms with E-state index in [1.54, 1.807) is 6.07 Å². The van der Waals surface area contributed by atoms with E-state index >= 15 is 0 Å². The van der Waals surface area contributed by atoms with Gasteiger partial charge in [-0.15, -0.1) is 17.5 Å². The zero-order chi connectivity index (χ0) is 15.4. The fourth-order valence-corrected chi connectivity index (χ4v) is 2.52. The van der Waals surface area contributed by atoms with Gasteiger partial charge >= 0.3 is 0 Å². The highest BCUT2D eigenvalue weighted by atomic mass is 35.5. The molecule has 1 unspecified atom stereocenters. The van der Waals surface area contributed by atoms with Crippen LogP contribution in [-0.4, -0.2) is 45.4 Å². The summed E-state index contributed by atoms with van der Waals surface area (Å²) in [5, 5.41) is 13.9. The average molecular weight is 339 g/mol. The lowest BCUT2D eigenvalue weighted by atomic mass is 9.92. The minimum absolute atomic E-state index is 0. The average Bonchev–Trinajstić information content (AvgIpc) is 3.10. The zero-order valence-electron chi connectivity index (χ0n) is 12.5. The molecule has 2 aromatic rings. The fraction of sp³-hybridized carbons (Fsp3) is 0.429. The number of hydrogen-bond acceptors (Lipinski definition) is 6. The monoisotopic (exact) mass is 338 g/mol. The standard InChI is InChI=1S/C14H18N6O2.ClH/c15-13(10-4-6-22-7-5-10)14(21)17-11-2-1-3-12(8-11)20-9-16-18-19-20;/h1-3,8-10,13H,4-7,15H2,(H,17,21);1H. The summed E-state index contributed by atoms with van der Waals surface area (Å²) < 4.78 is 6.82. The molecule has 1 amide bonds. The van der Waals surface area contributed by atoms with E-state index in [9.17, 15) is 4.79 Å². The lowest BCUT2D eigenvalue weighted by molar-refractivity contribution is -0.119. The Morgan fingerprint density at radius 1 is 1.39 bits per heavy atom. The zero-order valence-corrected chi connectivity index (χ0v) is 13.3. The maximum Gasteiger partial charge on any atom is 0.241 e. The minimum Gasteiger partial charge on any atom is -0.381 e. The van der Waals surface area contributed by atoms with Crippen molar-refractivity contribution in [3.63, 3.8) is 0 Å². The number of anilines is 1. The van der Waals surface area contributed by atoms with Crippen LogP contribution < -0.4 is 11.1 Å². The van der Waals surface area contributed by atoms with E-state index < -0.39 is 6.04 Å². The maximum atomic E-state index is 12.3. The molecule has 124 valence electrons. The van der Waals surface area contributed by atoms with Crippen molar-refractivity contribution in [2.24, 2.45) is 11.7 Å². The number of benzene rings is 1. The van der Waals surface area contributed by atoms with Gasteiger partial charge in [0.25, 0.3) is 0 Å². The SMILES string of the molecule is Cl.NC(C(=O)Nc1cccc(-n2cnnn2)c1)C1CCOCC1. The number of nitrogens with one attached hydrogen (secondary N) is 1. The minimum atomic E-state index is -0.527. The quantitative estimate of drug-likeness (QED) is 0.852. The smallest absolute Gasteiger partial charge is 0.241 e. The molecule has 0 saturated carbocycles. The van der Waals surface area contributed by atoms with Crippen molar-refractivity contribution in [3.05, 3.63) is 30.6 Å². The van der Waals surface area contributed by atoms with Crippen LogP contribution >= 0.6 is 12.4 Å². The highest BCUT2D eigenvalue weighted by molar-refractivity contribution is 5.95. The predicted octanol–water partition coefficient (Wildman–Crippen LogP) is 0.776. The van der Waals surface area contributed by atoms with Crippen LogP contribution in [0.2, 0.25) is 0 Å². The van der Waals surface area contributed by atoms with Crippen molar-refractivity contribution >= 4 is 24.0 Å². The van der Waals surface area contributed by atoms with Crippen molar-refractivity contribution in [2.45, 2.75) is 18.9 Å². The van der Waals surface area contributed by atoms with E-state index in [4.69, 9.17) is 10.5 Å². The van der Waals surface area contributed by atoms with Crippen molar-refractivity contribution in [3.8, 4) is 5.69 Å². The van der Waals surface area contributed by atoms with E-state index in [-0.39, 0.29) is 24.2 Å². The molecule has 8 nitrogen and oxygen atoms in total. The van der Waals surface area contributed by atoms with Crippen molar-refractivity contribution in [1.29, 1.82) is 0 Å². The van der Waals surface area contributed by atoms with Crippen LogP contribution in [0.15, 0.2) is 30.6 Å². The molecule has 1 aliphatic rings. The fourth-order valence-electron chi connectivity index (χ4n) is 2.52. The Bertz CT molecular complexity index is 630. The predicted molar refractivity (Wildman–Crippen MR) is 86.6 cm³/mol. The normalized spacial score (nSPS) is 16.4. The number of carbonyl (C=O) groups excluding carboxylic acids is 1. The number of aromatic nitrogens is 4. The van der Waals surface area contributed by atoms with Gasteiger partial charge in [0.05, 0.1) is 11.7 Å². The number of amides is 1. The number of tetrazole rings is 1. The molecule has 2 heterocycles. The van der Waals surface area contributed by atoms with Crippen LogP contribution in [0, 0.1) is 5.92 Å². The molecule has 1 aromatic heterocycles. The van der Waals surface area contributed by atoms with Gasteiger partial charge in [-0.2, -0.15) is 0 Å². The van der Waals surface area contributed by atoms with Gasteiger partial charge in [-0.1, -0.05) is 6.07 Å². The number of halogens is 1. The summed E-state index contributed by atoms with van der Waals surface area (Å²) in [5.41, 5.74) is 7.50.